The molecular formula is C19H32N2O2. The van der Waals surface area contributed by atoms with Crippen LogP contribution >= 0.6 is 0 Å². The number of hydrogen-bond donors (Lipinski definition) is 1. The third-order valence-corrected chi connectivity index (χ3v) is 5.13. The minimum atomic E-state index is -0.334. The van der Waals surface area contributed by atoms with Crippen molar-refractivity contribution in [3.05, 3.63) is 17.5 Å². The van der Waals surface area contributed by atoms with E-state index < -0.39 is 0 Å². The van der Waals surface area contributed by atoms with E-state index in [1.165, 1.54) is 0 Å². The quantitative estimate of drug-likeness (QED) is 0.892. The van der Waals surface area contributed by atoms with Gasteiger partial charge in [-0.2, -0.15) is 0 Å². The van der Waals surface area contributed by atoms with Crippen molar-refractivity contribution >= 4 is 5.91 Å². The Morgan fingerprint density at radius 2 is 2.09 bits per heavy atom. The molecule has 23 heavy (non-hydrogen) atoms. The van der Waals surface area contributed by atoms with Crippen LogP contribution in [0.15, 0.2) is 10.6 Å². The molecule has 1 fully saturated rings. The number of hydrogen-bond acceptors (Lipinski definition) is 3. The Balaban J connectivity index is 1.91. The van der Waals surface area contributed by atoms with Gasteiger partial charge >= 0.3 is 0 Å². The second-order valence-electron chi connectivity index (χ2n) is 9.12. The van der Waals surface area contributed by atoms with Crippen LogP contribution in [0.2, 0.25) is 0 Å². The van der Waals surface area contributed by atoms with Gasteiger partial charge in [-0.25, -0.2) is 0 Å². The highest BCUT2D eigenvalue weighted by Crippen LogP contribution is 2.48. The van der Waals surface area contributed by atoms with E-state index >= 15 is 0 Å². The summed E-state index contributed by atoms with van der Waals surface area (Å²) in [5, 5.41) is 7.43. The van der Waals surface area contributed by atoms with Crippen LogP contribution in [-0.2, 0) is 17.6 Å². The Hall–Kier alpha value is -1.32. The molecule has 0 saturated heterocycles. The van der Waals surface area contributed by atoms with Gasteiger partial charge in [-0.3, -0.25) is 4.79 Å². The summed E-state index contributed by atoms with van der Waals surface area (Å²) in [6, 6.07) is 2.35. The predicted octanol–water partition coefficient (Wildman–Crippen LogP) is 3.99. The second kappa shape index (κ2) is 6.29. The third-order valence-electron chi connectivity index (χ3n) is 5.13. The fraction of sp³-hybridized carbons (Fsp3) is 0.789. The minimum absolute atomic E-state index is 0.0953. The van der Waals surface area contributed by atoms with E-state index in [4.69, 9.17) is 4.52 Å². The molecule has 0 spiro atoms. The van der Waals surface area contributed by atoms with Crippen molar-refractivity contribution in [2.75, 3.05) is 0 Å². The number of nitrogens with one attached hydrogen (secondary N) is 1. The lowest BCUT2D eigenvalue weighted by molar-refractivity contribution is -0.133. The highest BCUT2D eigenvalue weighted by molar-refractivity contribution is 5.81. The average Bonchev–Trinajstić information content (AvgIpc) is 2.82. The van der Waals surface area contributed by atoms with Gasteiger partial charge in [0.1, 0.15) is 5.76 Å². The van der Waals surface area contributed by atoms with Gasteiger partial charge in [-0.05, 0) is 30.1 Å². The smallest absolute Gasteiger partial charge is 0.225 e. The molecule has 130 valence electrons. The van der Waals surface area contributed by atoms with Gasteiger partial charge < -0.3 is 9.84 Å². The van der Waals surface area contributed by atoms with E-state index in [0.29, 0.717) is 11.8 Å². The zero-order valence-electron chi connectivity index (χ0n) is 15.7. The first-order chi connectivity index (χ1) is 10.5. The molecule has 1 aliphatic rings. The van der Waals surface area contributed by atoms with Gasteiger partial charge in [0.15, 0.2) is 0 Å². The predicted molar refractivity (Wildman–Crippen MR) is 92.0 cm³/mol. The summed E-state index contributed by atoms with van der Waals surface area (Å²) in [6.45, 7) is 14.7. The average molecular weight is 320 g/mol. The zero-order chi connectivity index (χ0) is 17.4. The monoisotopic (exact) mass is 320 g/mol. The van der Waals surface area contributed by atoms with Crippen molar-refractivity contribution in [1.82, 2.24) is 10.5 Å². The molecule has 1 aromatic rings. The van der Waals surface area contributed by atoms with Crippen LogP contribution in [0.1, 0.15) is 66.3 Å². The lowest BCUT2D eigenvalue weighted by Crippen LogP contribution is -2.60. The summed E-state index contributed by atoms with van der Waals surface area (Å²) < 4.78 is 5.43. The molecule has 1 heterocycles. The maximum Gasteiger partial charge on any atom is 0.225 e. The summed E-state index contributed by atoms with van der Waals surface area (Å²) in [4.78, 5) is 12.2. The molecule has 1 N–H and O–H groups in total. The van der Waals surface area contributed by atoms with E-state index in [2.05, 4.69) is 44.2 Å². The molecule has 1 aliphatic carbocycles. The first-order valence-electron chi connectivity index (χ1n) is 8.75. The molecule has 0 aliphatic heterocycles. The molecule has 0 aromatic carbocycles. The topological polar surface area (TPSA) is 55.1 Å². The first kappa shape index (κ1) is 18.0. The molecule has 1 aromatic heterocycles. The molecule has 0 unspecified atom stereocenters. The molecule has 0 radical (unpaired) electrons. The summed E-state index contributed by atoms with van der Waals surface area (Å²) in [5.74, 6) is 2.22. The maximum absolute atomic E-state index is 12.2. The standard InChI is InChI=1S/C19H32N2O2/c1-12(2)8-15-11-14(21-23-15)9-13-10-16(19(13,6)7)20-17(22)18(3,4)5/h11-13,16H,8-10H2,1-7H3,(H,20,22)/t13-,16+/m1/s1. The van der Waals surface area contributed by atoms with Gasteiger partial charge in [0, 0.05) is 23.9 Å². The van der Waals surface area contributed by atoms with Gasteiger partial charge in [-0.1, -0.05) is 53.6 Å². The fourth-order valence-corrected chi connectivity index (χ4v) is 3.19. The van der Waals surface area contributed by atoms with Crippen LogP contribution in [-0.4, -0.2) is 17.1 Å². The van der Waals surface area contributed by atoms with Crippen molar-refractivity contribution in [2.24, 2.45) is 22.7 Å². The van der Waals surface area contributed by atoms with Crippen molar-refractivity contribution in [3.63, 3.8) is 0 Å². The fourth-order valence-electron chi connectivity index (χ4n) is 3.19. The molecule has 1 saturated carbocycles. The Morgan fingerprint density at radius 1 is 1.43 bits per heavy atom. The first-order valence-corrected chi connectivity index (χ1v) is 8.75. The van der Waals surface area contributed by atoms with Crippen LogP contribution in [0, 0.1) is 22.7 Å². The molecular weight excluding hydrogens is 288 g/mol. The lowest BCUT2D eigenvalue weighted by Gasteiger charge is -2.52. The molecule has 2 atom stereocenters. The Morgan fingerprint density at radius 3 is 2.61 bits per heavy atom. The largest absolute Gasteiger partial charge is 0.361 e. The Kier molecular flexibility index (Phi) is 4.93. The van der Waals surface area contributed by atoms with E-state index in [-0.39, 0.29) is 22.8 Å². The van der Waals surface area contributed by atoms with Gasteiger partial charge in [-0.15, -0.1) is 0 Å². The number of carbonyl (C=O) groups excluding carboxylic acids is 1. The zero-order valence-corrected chi connectivity index (χ0v) is 15.7. The van der Waals surface area contributed by atoms with E-state index in [1.807, 2.05) is 20.8 Å². The summed E-state index contributed by atoms with van der Waals surface area (Å²) in [7, 11) is 0. The summed E-state index contributed by atoms with van der Waals surface area (Å²) in [5.41, 5.74) is 0.802. The van der Waals surface area contributed by atoms with Crippen molar-refractivity contribution in [2.45, 2.75) is 73.8 Å². The number of aromatic nitrogens is 1. The van der Waals surface area contributed by atoms with Crippen LogP contribution in [0.5, 0.6) is 0 Å². The van der Waals surface area contributed by atoms with E-state index in [1.54, 1.807) is 0 Å². The van der Waals surface area contributed by atoms with Gasteiger partial charge in [0.25, 0.3) is 0 Å². The molecule has 4 heteroatoms. The minimum Gasteiger partial charge on any atom is -0.361 e. The number of amides is 1. The molecule has 0 bridgehead atoms. The van der Waals surface area contributed by atoms with Crippen LogP contribution in [0.4, 0.5) is 0 Å². The van der Waals surface area contributed by atoms with Crippen LogP contribution in [0.3, 0.4) is 0 Å². The SMILES string of the molecule is CC(C)Cc1cc(C[C@@H]2C[C@H](NC(=O)C(C)(C)C)C2(C)C)no1. The molecule has 2 rings (SSSR count). The number of nitrogens with zero attached hydrogens (tertiary/aromatic N) is 1. The highest BCUT2D eigenvalue weighted by atomic mass is 16.5. The number of rotatable bonds is 5. The summed E-state index contributed by atoms with van der Waals surface area (Å²) >= 11 is 0. The lowest BCUT2D eigenvalue weighted by atomic mass is 9.57. The Bertz CT molecular complexity index is 552. The summed E-state index contributed by atoms with van der Waals surface area (Å²) in [6.07, 6.45) is 2.88. The highest BCUT2D eigenvalue weighted by Gasteiger charge is 2.49. The normalized spacial score (nSPS) is 23.7. The third kappa shape index (κ3) is 4.15. The van der Waals surface area contributed by atoms with Crippen molar-refractivity contribution in [1.29, 1.82) is 0 Å². The molecule has 4 nitrogen and oxygen atoms in total. The van der Waals surface area contributed by atoms with E-state index in [9.17, 15) is 4.79 Å². The van der Waals surface area contributed by atoms with Crippen LogP contribution < -0.4 is 5.32 Å². The van der Waals surface area contributed by atoms with Crippen molar-refractivity contribution in [3.8, 4) is 0 Å². The van der Waals surface area contributed by atoms with E-state index in [0.717, 1.165) is 30.7 Å². The molecule has 1 amide bonds. The number of carbonyl (C=O) groups is 1. The Labute approximate surface area is 140 Å². The van der Waals surface area contributed by atoms with Crippen LogP contribution in [0.25, 0.3) is 0 Å². The maximum atomic E-state index is 12.2. The second-order valence-corrected chi connectivity index (χ2v) is 9.12. The van der Waals surface area contributed by atoms with Gasteiger partial charge in [0.2, 0.25) is 5.91 Å². The van der Waals surface area contributed by atoms with Gasteiger partial charge in [0.05, 0.1) is 5.69 Å². The van der Waals surface area contributed by atoms with Crippen molar-refractivity contribution < 1.29 is 9.32 Å².